The standard InChI is InChI=1S/C14H18O2/c1-11(2)9-10-16-12(3)14(15)13-7-5-4-6-8-13/h4-8,12H,1,9-10H2,2-3H3. The molecule has 0 aromatic heterocycles. The molecule has 1 unspecified atom stereocenters. The smallest absolute Gasteiger partial charge is 0.191 e. The minimum atomic E-state index is -0.387. The number of ketones is 1. The molecule has 1 rings (SSSR count). The molecule has 2 heteroatoms. The van der Waals surface area contributed by atoms with E-state index < -0.39 is 0 Å². The first kappa shape index (κ1) is 12.7. The van der Waals surface area contributed by atoms with Crippen LogP contribution < -0.4 is 0 Å². The van der Waals surface area contributed by atoms with E-state index in [-0.39, 0.29) is 11.9 Å². The van der Waals surface area contributed by atoms with Crippen LogP contribution in [0.25, 0.3) is 0 Å². The predicted octanol–water partition coefficient (Wildman–Crippen LogP) is 3.24. The van der Waals surface area contributed by atoms with Gasteiger partial charge in [-0.3, -0.25) is 4.79 Å². The summed E-state index contributed by atoms with van der Waals surface area (Å²) >= 11 is 0. The Labute approximate surface area is 96.9 Å². The van der Waals surface area contributed by atoms with Crippen molar-refractivity contribution in [1.82, 2.24) is 0 Å². The van der Waals surface area contributed by atoms with Gasteiger partial charge in [-0.15, -0.1) is 6.58 Å². The van der Waals surface area contributed by atoms with Gasteiger partial charge in [-0.25, -0.2) is 0 Å². The average Bonchev–Trinajstić information content (AvgIpc) is 2.28. The van der Waals surface area contributed by atoms with E-state index in [0.29, 0.717) is 12.2 Å². The monoisotopic (exact) mass is 218 g/mol. The second kappa shape index (κ2) is 6.23. The van der Waals surface area contributed by atoms with Crippen molar-refractivity contribution >= 4 is 5.78 Å². The van der Waals surface area contributed by atoms with Gasteiger partial charge in [0.1, 0.15) is 6.10 Å². The Morgan fingerprint density at radius 2 is 2.00 bits per heavy atom. The van der Waals surface area contributed by atoms with Gasteiger partial charge in [0.2, 0.25) is 0 Å². The fourth-order valence-corrected chi connectivity index (χ4v) is 1.32. The summed E-state index contributed by atoms with van der Waals surface area (Å²) in [6, 6.07) is 9.22. The number of rotatable bonds is 6. The minimum absolute atomic E-state index is 0.0299. The van der Waals surface area contributed by atoms with Crippen molar-refractivity contribution in [2.24, 2.45) is 0 Å². The first-order valence-corrected chi connectivity index (χ1v) is 5.46. The van der Waals surface area contributed by atoms with E-state index >= 15 is 0 Å². The molecule has 0 saturated carbocycles. The van der Waals surface area contributed by atoms with E-state index in [9.17, 15) is 4.79 Å². The molecule has 2 nitrogen and oxygen atoms in total. The molecular weight excluding hydrogens is 200 g/mol. The van der Waals surface area contributed by atoms with Crippen molar-refractivity contribution < 1.29 is 9.53 Å². The normalized spacial score (nSPS) is 12.1. The minimum Gasteiger partial charge on any atom is -0.370 e. The molecule has 0 radical (unpaired) electrons. The summed E-state index contributed by atoms with van der Waals surface area (Å²) in [5.74, 6) is 0.0299. The lowest BCUT2D eigenvalue weighted by atomic mass is 10.1. The maximum Gasteiger partial charge on any atom is 0.191 e. The summed E-state index contributed by atoms with van der Waals surface area (Å²) in [5, 5.41) is 0. The molecule has 1 aromatic rings. The van der Waals surface area contributed by atoms with E-state index in [2.05, 4.69) is 6.58 Å². The average molecular weight is 218 g/mol. The molecule has 0 fully saturated rings. The zero-order chi connectivity index (χ0) is 12.0. The molecule has 1 atom stereocenters. The number of hydrogen-bond donors (Lipinski definition) is 0. The van der Waals surface area contributed by atoms with E-state index in [1.54, 1.807) is 19.1 Å². The molecule has 86 valence electrons. The van der Waals surface area contributed by atoms with Crippen LogP contribution in [0.1, 0.15) is 30.6 Å². The fourth-order valence-electron chi connectivity index (χ4n) is 1.32. The zero-order valence-electron chi connectivity index (χ0n) is 9.90. The lowest BCUT2D eigenvalue weighted by molar-refractivity contribution is 0.0487. The quantitative estimate of drug-likeness (QED) is 0.541. The van der Waals surface area contributed by atoms with Crippen LogP contribution in [-0.2, 0) is 4.74 Å². The predicted molar refractivity (Wildman–Crippen MR) is 65.6 cm³/mol. The molecule has 0 spiro atoms. The summed E-state index contributed by atoms with van der Waals surface area (Å²) in [7, 11) is 0. The van der Waals surface area contributed by atoms with Crippen molar-refractivity contribution in [2.45, 2.75) is 26.4 Å². The number of Topliss-reactive ketones (excluding diaryl/α,β-unsaturated/α-hetero) is 1. The van der Waals surface area contributed by atoms with Crippen LogP contribution in [0.3, 0.4) is 0 Å². The van der Waals surface area contributed by atoms with Gasteiger partial charge in [0.05, 0.1) is 6.61 Å². The first-order valence-electron chi connectivity index (χ1n) is 5.46. The zero-order valence-corrected chi connectivity index (χ0v) is 9.90. The molecule has 1 aromatic carbocycles. The number of benzene rings is 1. The molecular formula is C14H18O2. The number of ether oxygens (including phenoxy) is 1. The Morgan fingerprint density at radius 1 is 1.38 bits per heavy atom. The van der Waals surface area contributed by atoms with Crippen LogP contribution in [-0.4, -0.2) is 18.5 Å². The summed E-state index contributed by atoms with van der Waals surface area (Å²) in [6.07, 6.45) is 0.411. The summed E-state index contributed by atoms with van der Waals surface area (Å²) < 4.78 is 5.46. The Balaban J connectivity index is 2.45. The van der Waals surface area contributed by atoms with Gasteiger partial charge in [-0.2, -0.15) is 0 Å². The fraction of sp³-hybridized carbons (Fsp3) is 0.357. The highest BCUT2D eigenvalue weighted by Gasteiger charge is 2.14. The van der Waals surface area contributed by atoms with Crippen molar-refractivity contribution in [1.29, 1.82) is 0 Å². The highest BCUT2D eigenvalue weighted by molar-refractivity contribution is 5.99. The number of carbonyl (C=O) groups excluding carboxylic acids is 1. The van der Waals surface area contributed by atoms with Gasteiger partial charge >= 0.3 is 0 Å². The van der Waals surface area contributed by atoms with Crippen molar-refractivity contribution in [2.75, 3.05) is 6.61 Å². The van der Waals surface area contributed by atoms with Crippen LogP contribution in [0.15, 0.2) is 42.5 Å². The lowest BCUT2D eigenvalue weighted by Crippen LogP contribution is -2.21. The highest BCUT2D eigenvalue weighted by Crippen LogP contribution is 2.07. The van der Waals surface area contributed by atoms with Crippen molar-refractivity contribution in [3.63, 3.8) is 0 Å². The second-order valence-electron chi connectivity index (χ2n) is 3.95. The van der Waals surface area contributed by atoms with Gasteiger partial charge in [-0.1, -0.05) is 35.9 Å². The molecule has 0 bridgehead atoms. The van der Waals surface area contributed by atoms with Crippen molar-refractivity contribution in [3.05, 3.63) is 48.0 Å². The van der Waals surface area contributed by atoms with Gasteiger partial charge < -0.3 is 4.74 Å². The van der Waals surface area contributed by atoms with Gasteiger partial charge in [0.15, 0.2) is 5.78 Å². The topological polar surface area (TPSA) is 26.3 Å². The molecule has 0 aliphatic carbocycles. The molecule has 0 saturated heterocycles. The van der Waals surface area contributed by atoms with Crippen LogP contribution in [0.2, 0.25) is 0 Å². The van der Waals surface area contributed by atoms with Gasteiger partial charge in [-0.05, 0) is 20.3 Å². The van der Waals surface area contributed by atoms with E-state index in [1.807, 2.05) is 25.1 Å². The maximum atomic E-state index is 11.9. The molecule has 0 N–H and O–H groups in total. The highest BCUT2D eigenvalue weighted by atomic mass is 16.5. The lowest BCUT2D eigenvalue weighted by Gasteiger charge is -2.11. The third-order valence-corrected chi connectivity index (χ3v) is 2.32. The Morgan fingerprint density at radius 3 is 2.56 bits per heavy atom. The van der Waals surface area contributed by atoms with E-state index in [0.717, 1.165) is 12.0 Å². The van der Waals surface area contributed by atoms with Crippen LogP contribution in [0, 0.1) is 0 Å². The maximum absolute atomic E-state index is 11.9. The Bertz CT molecular complexity index is 354. The molecule has 0 heterocycles. The van der Waals surface area contributed by atoms with Crippen LogP contribution >= 0.6 is 0 Å². The molecule has 0 aliphatic rings. The third-order valence-electron chi connectivity index (χ3n) is 2.32. The van der Waals surface area contributed by atoms with E-state index in [4.69, 9.17) is 4.74 Å². The molecule has 0 amide bonds. The summed E-state index contributed by atoms with van der Waals surface area (Å²) in [4.78, 5) is 11.9. The molecule has 0 aliphatic heterocycles. The Hall–Kier alpha value is -1.41. The largest absolute Gasteiger partial charge is 0.370 e. The second-order valence-corrected chi connectivity index (χ2v) is 3.95. The van der Waals surface area contributed by atoms with E-state index in [1.165, 1.54) is 0 Å². The van der Waals surface area contributed by atoms with Gasteiger partial charge in [0, 0.05) is 5.56 Å². The molecule has 16 heavy (non-hydrogen) atoms. The van der Waals surface area contributed by atoms with Crippen molar-refractivity contribution in [3.8, 4) is 0 Å². The Kier molecular flexibility index (Phi) is 4.93. The van der Waals surface area contributed by atoms with Crippen LogP contribution in [0.4, 0.5) is 0 Å². The number of carbonyl (C=O) groups is 1. The van der Waals surface area contributed by atoms with Crippen LogP contribution in [0.5, 0.6) is 0 Å². The first-order chi connectivity index (χ1) is 7.61. The van der Waals surface area contributed by atoms with Gasteiger partial charge in [0.25, 0.3) is 0 Å². The summed E-state index contributed by atoms with van der Waals surface area (Å²) in [6.45, 7) is 8.08. The SMILES string of the molecule is C=C(C)CCOC(C)C(=O)c1ccccc1. The third kappa shape index (κ3) is 3.99. The summed E-state index contributed by atoms with van der Waals surface area (Å²) in [5.41, 5.74) is 1.77. The number of hydrogen-bond acceptors (Lipinski definition) is 2.